The van der Waals surface area contributed by atoms with Gasteiger partial charge in [0.2, 0.25) is 7.37 Å². The highest BCUT2D eigenvalue weighted by atomic mass is 31.2. The number of carboxylic acids is 1. The van der Waals surface area contributed by atoms with Crippen LogP contribution in [0, 0.1) is 11.8 Å². The molecule has 8 nitrogen and oxygen atoms in total. The van der Waals surface area contributed by atoms with Gasteiger partial charge in [-0.05, 0) is 68.7 Å². The molecule has 0 aliphatic rings. The van der Waals surface area contributed by atoms with Crippen molar-refractivity contribution in [1.82, 2.24) is 0 Å². The van der Waals surface area contributed by atoms with Gasteiger partial charge in [-0.1, -0.05) is 6.92 Å². The maximum atomic E-state index is 13.7. The highest BCUT2D eigenvalue weighted by Crippen LogP contribution is 2.54. The molecule has 0 bridgehead atoms. The Bertz CT molecular complexity index is 679. The third kappa shape index (κ3) is 14.3. The Hall–Kier alpha value is -1.40. The van der Waals surface area contributed by atoms with Crippen molar-refractivity contribution in [3.05, 3.63) is 0 Å². The molecule has 0 radical (unpaired) electrons. The molecule has 0 spiro atoms. The summed E-state index contributed by atoms with van der Waals surface area (Å²) in [5.74, 6) is -4.00. The third-order valence-corrected chi connectivity index (χ3v) is 6.75. The average molecular weight is 465 g/mol. The van der Waals surface area contributed by atoms with Crippen LogP contribution in [-0.4, -0.2) is 52.1 Å². The van der Waals surface area contributed by atoms with Gasteiger partial charge in [-0.25, -0.2) is 0 Å². The van der Waals surface area contributed by atoms with Gasteiger partial charge < -0.3 is 19.1 Å². The predicted octanol–water partition coefficient (Wildman–Crippen LogP) is 4.88. The van der Waals surface area contributed by atoms with Gasteiger partial charge in [0.05, 0.1) is 17.4 Å². The molecule has 182 valence electrons. The predicted molar refractivity (Wildman–Crippen MR) is 119 cm³/mol. The largest absolute Gasteiger partial charge is 0.481 e. The van der Waals surface area contributed by atoms with Crippen molar-refractivity contribution in [2.45, 2.75) is 98.9 Å². The van der Waals surface area contributed by atoms with E-state index in [9.17, 15) is 24.1 Å². The number of ether oxygens (including phenoxy) is 2. The fourth-order valence-corrected chi connectivity index (χ4v) is 6.12. The van der Waals surface area contributed by atoms with Crippen LogP contribution in [0.25, 0.3) is 0 Å². The first-order chi connectivity index (χ1) is 13.6. The van der Waals surface area contributed by atoms with Gasteiger partial charge in [0.25, 0.3) is 0 Å². The van der Waals surface area contributed by atoms with Crippen LogP contribution >= 0.6 is 7.37 Å². The molecular formula is C22H41O8P. The van der Waals surface area contributed by atoms with Crippen LogP contribution in [0.2, 0.25) is 0 Å². The SMILES string of the molecule is CC(CP(=O)(CC(CCC(=O)OC(C)(C)C)C(=O)OC(C)(C)C)OC(C)(C)C)C(=O)O. The van der Waals surface area contributed by atoms with Gasteiger partial charge in [-0.15, -0.1) is 0 Å². The normalized spacial score (nSPS) is 16.7. The van der Waals surface area contributed by atoms with Crippen LogP contribution < -0.4 is 0 Å². The molecule has 0 aliphatic carbocycles. The van der Waals surface area contributed by atoms with Gasteiger partial charge >= 0.3 is 17.9 Å². The van der Waals surface area contributed by atoms with E-state index in [0.717, 1.165) is 0 Å². The second-order valence-corrected chi connectivity index (χ2v) is 13.5. The Morgan fingerprint density at radius 3 is 1.71 bits per heavy atom. The molecule has 0 heterocycles. The first-order valence-corrected chi connectivity index (χ1v) is 12.6. The van der Waals surface area contributed by atoms with E-state index < -0.39 is 53.9 Å². The zero-order valence-corrected chi connectivity index (χ0v) is 21.6. The molecule has 0 aromatic heterocycles. The Morgan fingerprint density at radius 1 is 0.839 bits per heavy atom. The summed E-state index contributed by atoms with van der Waals surface area (Å²) in [5.41, 5.74) is -2.25. The zero-order valence-electron chi connectivity index (χ0n) is 20.7. The number of carboxylic acid groups (broad SMARTS) is 1. The van der Waals surface area contributed by atoms with E-state index in [2.05, 4.69) is 0 Å². The first-order valence-electron chi connectivity index (χ1n) is 10.6. The van der Waals surface area contributed by atoms with Crippen LogP contribution in [0.1, 0.15) is 82.1 Å². The molecule has 0 amide bonds. The summed E-state index contributed by atoms with van der Waals surface area (Å²) in [4.78, 5) is 36.4. The van der Waals surface area contributed by atoms with E-state index in [1.54, 1.807) is 62.3 Å². The lowest BCUT2D eigenvalue weighted by Gasteiger charge is -2.32. The van der Waals surface area contributed by atoms with E-state index in [1.807, 2.05) is 0 Å². The summed E-state index contributed by atoms with van der Waals surface area (Å²) in [5, 5.41) is 9.29. The molecule has 0 aliphatic heterocycles. The number of rotatable bonds is 10. The van der Waals surface area contributed by atoms with E-state index in [-0.39, 0.29) is 25.2 Å². The van der Waals surface area contributed by atoms with E-state index in [0.29, 0.717) is 0 Å². The van der Waals surface area contributed by atoms with Crippen molar-refractivity contribution < 1.29 is 38.1 Å². The van der Waals surface area contributed by atoms with Crippen molar-refractivity contribution in [3.8, 4) is 0 Å². The fraction of sp³-hybridized carbons (Fsp3) is 0.864. The Balaban J connectivity index is 5.75. The first kappa shape index (κ1) is 29.6. The maximum absolute atomic E-state index is 13.7. The minimum Gasteiger partial charge on any atom is -0.481 e. The molecule has 0 fully saturated rings. The minimum absolute atomic E-state index is 0.0583. The van der Waals surface area contributed by atoms with Crippen molar-refractivity contribution >= 4 is 25.3 Å². The van der Waals surface area contributed by atoms with Gasteiger partial charge in [0.15, 0.2) is 0 Å². The van der Waals surface area contributed by atoms with E-state index >= 15 is 0 Å². The van der Waals surface area contributed by atoms with Gasteiger partial charge in [0.1, 0.15) is 11.2 Å². The lowest BCUT2D eigenvalue weighted by atomic mass is 10.0. The molecule has 0 rings (SSSR count). The Morgan fingerprint density at radius 2 is 1.32 bits per heavy atom. The monoisotopic (exact) mass is 464 g/mol. The number of carbonyl (C=O) groups excluding carboxylic acids is 2. The number of hydrogen-bond acceptors (Lipinski definition) is 7. The number of aliphatic carboxylic acids is 1. The number of esters is 2. The minimum atomic E-state index is -3.56. The van der Waals surface area contributed by atoms with Crippen LogP contribution in [0.4, 0.5) is 0 Å². The lowest BCUT2D eigenvalue weighted by molar-refractivity contribution is -0.160. The highest BCUT2D eigenvalue weighted by molar-refractivity contribution is 7.59. The van der Waals surface area contributed by atoms with E-state index in [4.69, 9.17) is 14.0 Å². The van der Waals surface area contributed by atoms with Crippen molar-refractivity contribution in [3.63, 3.8) is 0 Å². The molecule has 0 aromatic rings. The van der Waals surface area contributed by atoms with Crippen LogP contribution in [-0.2, 0) is 32.9 Å². The topological polar surface area (TPSA) is 116 Å². The maximum Gasteiger partial charge on any atom is 0.310 e. The molecule has 3 unspecified atom stereocenters. The van der Waals surface area contributed by atoms with Gasteiger partial charge in [-0.3, -0.25) is 18.9 Å². The summed E-state index contributed by atoms with van der Waals surface area (Å²) in [6.45, 7) is 17.0. The molecular weight excluding hydrogens is 423 g/mol. The lowest BCUT2D eigenvalue weighted by Crippen LogP contribution is -2.33. The molecule has 1 N–H and O–H groups in total. The molecule has 31 heavy (non-hydrogen) atoms. The fourth-order valence-electron chi connectivity index (χ4n) is 2.83. The van der Waals surface area contributed by atoms with Crippen molar-refractivity contribution in [1.29, 1.82) is 0 Å². The molecule has 0 aromatic carbocycles. The summed E-state index contributed by atoms with van der Waals surface area (Å²) in [7, 11) is -3.56. The van der Waals surface area contributed by atoms with Crippen LogP contribution in [0.15, 0.2) is 0 Å². The quantitative estimate of drug-likeness (QED) is 0.359. The number of hydrogen-bond donors (Lipinski definition) is 1. The van der Waals surface area contributed by atoms with Crippen molar-refractivity contribution in [2.24, 2.45) is 11.8 Å². The second-order valence-electron chi connectivity index (χ2n) is 11.0. The van der Waals surface area contributed by atoms with E-state index in [1.165, 1.54) is 6.92 Å². The summed E-state index contributed by atoms with van der Waals surface area (Å²) >= 11 is 0. The molecule has 0 saturated heterocycles. The van der Waals surface area contributed by atoms with Gasteiger partial charge in [0, 0.05) is 18.7 Å². The molecule has 0 saturated carbocycles. The summed E-state index contributed by atoms with van der Waals surface area (Å²) < 4.78 is 30.3. The van der Waals surface area contributed by atoms with Crippen LogP contribution in [0.3, 0.4) is 0 Å². The smallest absolute Gasteiger partial charge is 0.310 e. The summed E-state index contributed by atoms with van der Waals surface area (Å²) in [6.07, 6.45) is -0.432. The highest BCUT2D eigenvalue weighted by Gasteiger charge is 2.39. The average Bonchev–Trinajstić information content (AvgIpc) is 2.45. The Kier molecular flexibility index (Phi) is 10.5. The standard InChI is InChI=1S/C22H41O8P/c1-15(18(24)25)13-31(27,30-22(8,9)10)14-16(19(26)29-21(5,6)7)11-12-17(23)28-20(2,3)4/h15-16H,11-14H2,1-10H3,(H,24,25). The zero-order chi connectivity index (χ0) is 24.8. The van der Waals surface area contributed by atoms with Crippen LogP contribution in [0.5, 0.6) is 0 Å². The summed E-state index contributed by atoms with van der Waals surface area (Å²) in [6, 6.07) is 0. The Labute approximate surface area is 186 Å². The molecule has 3 atom stereocenters. The van der Waals surface area contributed by atoms with Crippen molar-refractivity contribution in [2.75, 3.05) is 12.3 Å². The second kappa shape index (κ2) is 11.0. The molecule has 9 heteroatoms. The number of carbonyl (C=O) groups is 3. The van der Waals surface area contributed by atoms with Gasteiger partial charge in [-0.2, -0.15) is 0 Å². The third-order valence-electron chi connectivity index (χ3n) is 3.77.